The minimum Gasteiger partial charge on any atom is -0.492 e. The maximum atomic E-state index is 12.7. The molecule has 1 aliphatic rings. The number of carbonyl (C=O) groups excluding carboxylic acids is 2. The number of likely N-dealkylation sites (tertiary alicyclic amines) is 1. The summed E-state index contributed by atoms with van der Waals surface area (Å²) in [5, 5.41) is 2.79. The summed E-state index contributed by atoms with van der Waals surface area (Å²) in [6.45, 7) is 5.86. The van der Waals surface area contributed by atoms with Crippen LogP contribution in [0.25, 0.3) is 0 Å². The van der Waals surface area contributed by atoms with Crippen LogP contribution in [0.2, 0.25) is 0 Å². The molecule has 0 unspecified atom stereocenters. The van der Waals surface area contributed by atoms with Gasteiger partial charge in [0, 0.05) is 24.6 Å². The smallest absolute Gasteiger partial charge is 0.410 e. The second-order valence-electron chi connectivity index (χ2n) is 7.83. The summed E-state index contributed by atoms with van der Waals surface area (Å²) in [5.74, 6) is 0.0739. The van der Waals surface area contributed by atoms with E-state index < -0.39 is 27.6 Å². The minimum absolute atomic E-state index is 0.0330. The van der Waals surface area contributed by atoms with Gasteiger partial charge in [0.2, 0.25) is 5.91 Å². The van der Waals surface area contributed by atoms with E-state index in [-0.39, 0.29) is 18.3 Å². The lowest BCUT2D eigenvalue weighted by molar-refractivity contribution is -0.120. The average Bonchev–Trinajstić information content (AvgIpc) is 3.02. The number of benzene rings is 1. The van der Waals surface area contributed by atoms with Crippen molar-refractivity contribution in [2.75, 3.05) is 30.5 Å². The van der Waals surface area contributed by atoms with Gasteiger partial charge in [-0.2, -0.15) is 0 Å². The predicted octanol–water partition coefficient (Wildman–Crippen LogP) is 2.45. The molecule has 0 aliphatic carbocycles. The van der Waals surface area contributed by atoms with Crippen molar-refractivity contribution < 1.29 is 27.5 Å². The van der Waals surface area contributed by atoms with E-state index in [4.69, 9.17) is 9.47 Å². The number of carbonyl (C=O) groups is 2. The van der Waals surface area contributed by atoms with E-state index in [2.05, 4.69) is 5.32 Å². The summed E-state index contributed by atoms with van der Waals surface area (Å²) in [6, 6.07) is 6.11. The minimum atomic E-state index is -3.11. The number of nitrogens with one attached hydrogen (secondary N) is 1. The van der Waals surface area contributed by atoms with Gasteiger partial charge in [0.1, 0.15) is 24.0 Å². The van der Waals surface area contributed by atoms with Crippen molar-refractivity contribution in [1.82, 2.24) is 4.90 Å². The van der Waals surface area contributed by atoms with Crippen LogP contribution in [0, 0.1) is 0 Å². The van der Waals surface area contributed by atoms with E-state index >= 15 is 0 Å². The Bertz CT molecular complexity index is 816. The molecule has 9 heteroatoms. The highest BCUT2D eigenvalue weighted by Gasteiger charge is 2.36. The number of hydrogen-bond donors (Lipinski definition) is 1. The van der Waals surface area contributed by atoms with Gasteiger partial charge in [-0.05, 0) is 45.7 Å². The molecule has 28 heavy (non-hydrogen) atoms. The van der Waals surface area contributed by atoms with Gasteiger partial charge in [-0.3, -0.25) is 9.69 Å². The van der Waals surface area contributed by atoms with Crippen LogP contribution in [-0.4, -0.2) is 62.1 Å². The normalized spacial score (nSPS) is 17.3. The average molecular weight is 413 g/mol. The molecule has 1 N–H and O–H groups in total. The van der Waals surface area contributed by atoms with Crippen LogP contribution in [-0.2, 0) is 19.4 Å². The molecule has 156 valence electrons. The van der Waals surface area contributed by atoms with Crippen molar-refractivity contribution in [3.8, 4) is 5.75 Å². The fraction of sp³-hybridized carbons (Fsp3) is 0.579. The van der Waals surface area contributed by atoms with Gasteiger partial charge in [-0.25, -0.2) is 13.2 Å². The van der Waals surface area contributed by atoms with Crippen molar-refractivity contribution in [2.24, 2.45) is 0 Å². The van der Waals surface area contributed by atoms with Crippen LogP contribution in [0.3, 0.4) is 0 Å². The lowest BCUT2D eigenvalue weighted by Gasteiger charge is -2.28. The number of nitrogens with zero attached hydrogens (tertiary/aromatic N) is 1. The van der Waals surface area contributed by atoms with Crippen LogP contribution in [0.5, 0.6) is 5.75 Å². The topological polar surface area (TPSA) is 102 Å². The molecule has 1 aromatic rings. The first-order valence-corrected chi connectivity index (χ1v) is 11.2. The van der Waals surface area contributed by atoms with Crippen molar-refractivity contribution in [2.45, 2.75) is 45.3 Å². The first kappa shape index (κ1) is 22.0. The number of amides is 2. The summed E-state index contributed by atoms with van der Waals surface area (Å²) in [4.78, 5) is 26.5. The van der Waals surface area contributed by atoms with E-state index in [1.165, 1.54) is 4.90 Å². The summed E-state index contributed by atoms with van der Waals surface area (Å²) in [6.07, 6.45) is 1.94. The van der Waals surface area contributed by atoms with Crippen molar-refractivity contribution in [1.29, 1.82) is 0 Å². The zero-order valence-electron chi connectivity index (χ0n) is 16.7. The number of ether oxygens (including phenoxy) is 2. The van der Waals surface area contributed by atoms with Gasteiger partial charge in [-0.1, -0.05) is 6.07 Å². The molecule has 8 nitrogen and oxygen atoms in total. The molecule has 1 heterocycles. The molecule has 2 amide bonds. The fourth-order valence-electron chi connectivity index (χ4n) is 2.78. The lowest BCUT2D eigenvalue weighted by atomic mass is 10.2. The molecule has 0 spiro atoms. The molecular weight excluding hydrogens is 384 g/mol. The van der Waals surface area contributed by atoms with Crippen molar-refractivity contribution >= 4 is 27.5 Å². The Morgan fingerprint density at radius 1 is 1.29 bits per heavy atom. The second-order valence-corrected chi connectivity index (χ2v) is 10.1. The number of sulfone groups is 1. The maximum absolute atomic E-state index is 12.7. The number of hydrogen-bond acceptors (Lipinski definition) is 6. The largest absolute Gasteiger partial charge is 0.492 e. The van der Waals surface area contributed by atoms with Crippen molar-refractivity contribution in [3.05, 3.63) is 24.3 Å². The highest BCUT2D eigenvalue weighted by Crippen LogP contribution is 2.23. The van der Waals surface area contributed by atoms with E-state index in [9.17, 15) is 18.0 Å². The van der Waals surface area contributed by atoms with Crippen LogP contribution in [0.15, 0.2) is 24.3 Å². The molecule has 1 saturated heterocycles. The fourth-order valence-corrected chi connectivity index (χ4v) is 3.16. The van der Waals surface area contributed by atoms with E-state index in [1.807, 2.05) is 0 Å². The first-order valence-electron chi connectivity index (χ1n) is 9.16. The zero-order valence-corrected chi connectivity index (χ0v) is 17.5. The van der Waals surface area contributed by atoms with E-state index in [0.29, 0.717) is 24.4 Å². The lowest BCUT2D eigenvalue weighted by Crippen LogP contribution is -2.45. The molecule has 0 aromatic heterocycles. The highest BCUT2D eigenvalue weighted by atomic mass is 32.2. The van der Waals surface area contributed by atoms with Gasteiger partial charge >= 0.3 is 6.09 Å². The van der Waals surface area contributed by atoms with Gasteiger partial charge in [0.25, 0.3) is 0 Å². The second kappa shape index (κ2) is 8.81. The summed E-state index contributed by atoms with van der Waals surface area (Å²) < 4.78 is 33.2. The Labute approximate surface area is 166 Å². The molecule has 0 saturated carbocycles. The SMILES string of the molecule is CC(C)(C)OC(=O)N1CCC[C@H]1C(=O)Nc1cccc(OCCS(C)(=O)=O)c1. The Kier molecular flexibility index (Phi) is 6.92. The standard InChI is InChI=1S/C19H28N2O6S/c1-19(2,3)27-18(23)21-10-6-9-16(21)17(22)20-14-7-5-8-15(13-14)26-11-12-28(4,24)25/h5,7-8,13,16H,6,9-12H2,1-4H3,(H,20,22)/t16-/m0/s1. The number of rotatable bonds is 6. The van der Waals surface area contributed by atoms with Crippen LogP contribution in [0.1, 0.15) is 33.6 Å². The molecule has 1 aromatic carbocycles. The molecule has 0 radical (unpaired) electrons. The van der Waals surface area contributed by atoms with Crippen LogP contribution < -0.4 is 10.1 Å². The van der Waals surface area contributed by atoms with E-state index in [1.54, 1.807) is 45.0 Å². The Balaban J connectivity index is 1.98. The zero-order chi connectivity index (χ0) is 20.9. The number of anilines is 1. The molecule has 1 fully saturated rings. The third-order valence-corrected chi connectivity index (χ3v) is 4.92. The van der Waals surface area contributed by atoms with Gasteiger partial charge in [0.05, 0.1) is 5.75 Å². The highest BCUT2D eigenvalue weighted by molar-refractivity contribution is 7.90. The molecule has 1 aliphatic heterocycles. The van der Waals surface area contributed by atoms with Gasteiger partial charge in [0.15, 0.2) is 9.84 Å². The van der Waals surface area contributed by atoms with Crippen LogP contribution in [0.4, 0.5) is 10.5 Å². The van der Waals surface area contributed by atoms with Gasteiger partial charge in [-0.15, -0.1) is 0 Å². The predicted molar refractivity (Wildman–Crippen MR) is 106 cm³/mol. The third-order valence-electron chi connectivity index (χ3n) is 4.01. The first-order chi connectivity index (χ1) is 12.9. The monoisotopic (exact) mass is 412 g/mol. The molecular formula is C19H28N2O6S. The summed E-state index contributed by atoms with van der Waals surface area (Å²) >= 11 is 0. The summed E-state index contributed by atoms with van der Waals surface area (Å²) in [5.41, 5.74) is -0.115. The summed E-state index contributed by atoms with van der Waals surface area (Å²) in [7, 11) is -3.11. The molecule has 0 bridgehead atoms. The van der Waals surface area contributed by atoms with Crippen LogP contribution >= 0.6 is 0 Å². The molecule has 2 rings (SSSR count). The quantitative estimate of drug-likeness (QED) is 0.770. The Hall–Kier alpha value is -2.29. The maximum Gasteiger partial charge on any atom is 0.410 e. The van der Waals surface area contributed by atoms with Crippen molar-refractivity contribution in [3.63, 3.8) is 0 Å². The third kappa shape index (κ3) is 7.03. The molecule has 1 atom stereocenters. The van der Waals surface area contributed by atoms with Gasteiger partial charge < -0.3 is 14.8 Å². The Morgan fingerprint density at radius 2 is 2.00 bits per heavy atom. The Morgan fingerprint density at radius 3 is 2.64 bits per heavy atom. The van der Waals surface area contributed by atoms with E-state index in [0.717, 1.165) is 12.7 Å².